The number of carbonyl (C=O) groups is 2. The molecule has 1 saturated heterocycles. The molecular formula is C24H23FN2O4S. The SMILES string of the molecule is Cc1cc(C=O)ccc1COc1ccc(F)cc1-c1csc(N2CC(C)C(C(=O)O)C2)n1. The lowest BCUT2D eigenvalue weighted by atomic mass is 9.99. The van der Waals surface area contributed by atoms with Crippen LogP contribution in [-0.4, -0.2) is 35.4 Å². The van der Waals surface area contributed by atoms with Crippen molar-refractivity contribution in [3.8, 4) is 17.0 Å². The van der Waals surface area contributed by atoms with Crippen molar-refractivity contribution in [1.29, 1.82) is 0 Å². The first kappa shape index (κ1) is 22.0. The number of rotatable bonds is 7. The van der Waals surface area contributed by atoms with Gasteiger partial charge in [-0.25, -0.2) is 9.37 Å². The van der Waals surface area contributed by atoms with Gasteiger partial charge in [-0.1, -0.05) is 19.1 Å². The third-order valence-corrected chi connectivity index (χ3v) is 6.70. The number of hydrogen-bond donors (Lipinski definition) is 1. The van der Waals surface area contributed by atoms with Crippen LogP contribution in [0.25, 0.3) is 11.3 Å². The van der Waals surface area contributed by atoms with Crippen molar-refractivity contribution in [3.05, 3.63) is 64.3 Å². The zero-order valence-electron chi connectivity index (χ0n) is 17.7. The summed E-state index contributed by atoms with van der Waals surface area (Å²) in [6.45, 7) is 5.13. The number of hydrogen-bond acceptors (Lipinski definition) is 6. The predicted octanol–water partition coefficient (Wildman–Crippen LogP) is 4.81. The van der Waals surface area contributed by atoms with Crippen LogP contribution in [0.3, 0.4) is 0 Å². The molecule has 32 heavy (non-hydrogen) atoms. The molecule has 1 fully saturated rings. The highest BCUT2D eigenvalue weighted by atomic mass is 32.1. The molecule has 8 heteroatoms. The van der Waals surface area contributed by atoms with Crippen LogP contribution in [0.4, 0.5) is 9.52 Å². The van der Waals surface area contributed by atoms with Crippen molar-refractivity contribution in [1.82, 2.24) is 4.98 Å². The maximum Gasteiger partial charge on any atom is 0.308 e. The van der Waals surface area contributed by atoms with Gasteiger partial charge in [0.1, 0.15) is 24.5 Å². The minimum absolute atomic E-state index is 0.0294. The van der Waals surface area contributed by atoms with Gasteiger partial charge in [-0.2, -0.15) is 0 Å². The Morgan fingerprint density at radius 2 is 2.12 bits per heavy atom. The predicted molar refractivity (Wildman–Crippen MR) is 121 cm³/mol. The van der Waals surface area contributed by atoms with Gasteiger partial charge in [-0.05, 0) is 48.2 Å². The zero-order chi connectivity index (χ0) is 22.8. The molecule has 1 N–H and O–H groups in total. The van der Waals surface area contributed by atoms with E-state index >= 15 is 0 Å². The van der Waals surface area contributed by atoms with Crippen LogP contribution in [0.5, 0.6) is 5.75 Å². The lowest BCUT2D eigenvalue weighted by Gasteiger charge is -2.14. The number of aromatic nitrogens is 1. The summed E-state index contributed by atoms with van der Waals surface area (Å²) < 4.78 is 20.1. The molecule has 0 bridgehead atoms. The van der Waals surface area contributed by atoms with Crippen LogP contribution in [0, 0.1) is 24.6 Å². The summed E-state index contributed by atoms with van der Waals surface area (Å²) in [5.41, 5.74) is 3.58. The van der Waals surface area contributed by atoms with Gasteiger partial charge in [0.05, 0.1) is 11.6 Å². The Labute approximate surface area is 189 Å². The first-order valence-corrected chi connectivity index (χ1v) is 11.1. The molecule has 4 rings (SSSR count). The molecule has 166 valence electrons. The van der Waals surface area contributed by atoms with E-state index in [1.807, 2.05) is 30.2 Å². The monoisotopic (exact) mass is 454 g/mol. The van der Waals surface area contributed by atoms with Crippen LogP contribution in [-0.2, 0) is 11.4 Å². The van der Waals surface area contributed by atoms with Gasteiger partial charge in [0.25, 0.3) is 0 Å². The van der Waals surface area contributed by atoms with E-state index in [0.29, 0.717) is 40.8 Å². The van der Waals surface area contributed by atoms with Crippen molar-refractivity contribution in [2.45, 2.75) is 20.5 Å². The number of anilines is 1. The highest BCUT2D eigenvalue weighted by Gasteiger charge is 2.36. The smallest absolute Gasteiger partial charge is 0.308 e. The number of carboxylic acids is 1. The fraction of sp³-hybridized carbons (Fsp3) is 0.292. The van der Waals surface area contributed by atoms with Gasteiger partial charge in [0.2, 0.25) is 0 Å². The molecule has 1 aliphatic heterocycles. The van der Waals surface area contributed by atoms with E-state index in [4.69, 9.17) is 4.74 Å². The van der Waals surface area contributed by atoms with E-state index < -0.39 is 17.7 Å². The van der Waals surface area contributed by atoms with Gasteiger partial charge in [0.15, 0.2) is 5.13 Å². The summed E-state index contributed by atoms with van der Waals surface area (Å²) in [7, 11) is 0. The summed E-state index contributed by atoms with van der Waals surface area (Å²) in [4.78, 5) is 29.0. The fourth-order valence-corrected chi connectivity index (χ4v) is 4.76. The van der Waals surface area contributed by atoms with E-state index in [9.17, 15) is 19.1 Å². The van der Waals surface area contributed by atoms with E-state index in [0.717, 1.165) is 17.4 Å². The summed E-state index contributed by atoms with van der Waals surface area (Å²) >= 11 is 1.40. The molecule has 1 aliphatic rings. The fourth-order valence-electron chi connectivity index (χ4n) is 3.92. The summed E-state index contributed by atoms with van der Waals surface area (Å²) in [6, 6.07) is 9.69. The molecule has 0 amide bonds. The molecule has 2 atom stereocenters. The molecule has 0 saturated carbocycles. The van der Waals surface area contributed by atoms with Gasteiger partial charge in [0, 0.05) is 29.6 Å². The molecule has 6 nitrogen and oxygen atoms in total. The van der Waals surface area contributed by atoms with Crippen LogP contribution < -0.4 is 9.64 Å². The molecule has 2 unspecified atom stereocenters. The molecular weight excluding hydrogens is 431 g/mol. The van der Waals surface area contributed by atoms with Crippen LogP contribution >= 0.6 is 11.3 Å². The van der Waals surface area contributed by atoms with Crippen LogP contribution in [0.2, 0.25) is 0 Å². The highest BCUT2D eigenvalue weighted by Crippen LogP contribution is 2.37. The standard InChI is InChI=1S/C24H23FN2O4S/c1-14-7-16(11-28)3-4-17(14)12-31-22-6-5-18(25)8-19(22)21-13-32-24(26-21)27-9-15(2)20(10-27)23(29)30/h3-8,11,13,15,20H,9-10,12H2,1-2H3,(H,29,30). The lowest BCUT2D eigenvalue weighted by molar-refractivity contribution is -0.142. The lowest BCUT2D eigenvalue weighted by Crippen LogP contribution is -2.22. The number of aryl methyl sites for hydroxylation is 1. The number of thiazole rings is 1. The average Bonchev–Trinajstić information content (AvgIpc) is 3.40. The Morgan fingerprint density at radius 3 is 2.81 bits per heavy atom. The molecule has 0 aliphatic carbocycles. The summed E-state index contributed by atoms with van der Waals surface area (Å²) in [6.07, 6.45) is 0.801. The number of benzene rings is 2. The second-order valence-electron chi connectivity index (χ2n) is 8.08. The Balaban J connectivity index is 1.55. The minimum atomic E-state index is -0.797. The number of carbonyl (C=O) groups excluding carboxylic acids is 1. The number of aldehydes is 1. The molecule has 0 radical (unpaired) electrons. The third-order valence-electron chi connectivity index (χ3n) is 5.80. The number of ether oxygens (including phenoxy) is 1. The van der Waals surface area contributed by atoms with Gasteiger partial charge < -0.3 is 14.7 Å². The molecule has 1 aromatic heterocycles. The second-order valence-corrected chi connectivity index (χ2v) is 8.91. The Bertz CT molecular complexity index is 1160. The van der Waals surface area contributed by atoms with Crippen LogP contribution in [0.1, 0.15) is 28.4 Å². The normalized spacial score (nSPS) is 18.0. The quantitative estimate of drug-likeness (QED) is 0.517. The Kier molecular flexibility index (Phi) is 6.23. The van der Waals surface area contributed by atoms with Crippen molar-refractivity contribution in [2.24, 2.45) is 11.8 Å². The zero-order valence-corrected chi connectivity index (χ0v) is 18.6. The minimum Gasteiger partial charge on any atom is -0.488 e. The van der Waals surface area contributed by atoms with Crippen LogP contribution in [0.15, 0.2) is 41.8 Å². The van der Waals surface area contributed by atoms with E-state index in [-0.39, 0.29) is 12.5 Å². The van der Waals surface area contributed by atoms with E-state index in [2.05, 4.69) is 4.98 Å². The maximum atomic E-state index is 14.1. The Morgan fingerprint density at radius 1 is 1.31 bits per heavy atom. The first-order chi connectivity index (χ1) is 15.4. The largest absolute Gasteiger partial charge is 0.488 e. The number of halogens is 1. The van der Waals surface area contributed by atoms with Crippen molar-refractivity contribution in [2.75, 3.05) is 18.0 Å². The first-order valence-electron chi connectivity index (χ1n) is 10.3. The van der Waals surface area contributed by atoms with Crippen molar-refractivity contribution in [3.63, 3.8) is 0 Å². The molecule has 0 spiro atoms. The van der Waals surface area contributed by atoms with E-state index in [1.54, 1.807) is 18.2 Å². The second kappa shape index (κ2) is 9.08. The summed E-state index contributed by atoms with van der Waals surface area (Å²) in [5, 5.41) is 11.9. The molecule has 3 aromatic rings. The Hall–Kier alpha value is -3.26. The molecule has 2 heterocycles. The van der Waals surface area contributed by atoms with Crippen molar-refractivity contribution < 1.29 is 23.8 Å². The topological polar surface area (TPSA) is 79.7 Å². The molecule has 2 aromatic carbocycles. The third kappa shape index (κ3) is 4.50. The summed E-state index contributed by atoms with van der Waals surface area (Å²) in [5.74, 6) is -1.09. The highest BCUT2D eigenvalue weighted by molar-refractivity contribution is 7.14. The number of nitrogens with zero attached hydrogens (tertiary/aromatic N) is 2. The average molecular weight is 455 g/mol. The number of carboxylic acid groups (broad SMARTS) is 1. The van der Waals surface area contributed by atoms with Gasteiger partial charge >= 0.3 is 5.97 Å². The maximum absolute atomic E-state index is 14.1. The van der Waals surface area contributed by atoms with E-state index in [1.165, 1.54) is 23.5 Å². The van der Waals surface area contributed by atoms with Gasteiger partial charge in [-0.15, -0.1) is 11.3 Å². The number of aliphatic carboxylic acids is 1. The van der Waals surface area contributed by atoms with Gasteiger partial charge in [-0.3, -0.25) is 9.59 Å². The van der Waals surface area contributed by atoms with Crippen molar-refractivity contribution >= 4 is 28.7 Å².